The van der Waals surface area contributed by atoms with Crippen molar-refractivity contribution in [1.82, 2.24) is 44.6 Å². The predicted octanol–water partition coefficient (Wildman–Crippen LogP) is 12.2. The number of ether oxygens (including phenoxy) is 15. The molecule has 1 saturated carbocycles. The Labute approximate surface area is 847 Å². The summed E-state index contributed by atoms with van der Waals surface area (Å²) in [7, 11) is 9.21. The SMILES string of the molecule is CCCOCCOCCOCCOCCC(=O)NCc1cnc(N2CCN(c3ccc(-n4c(=O)n(C)c5cnc6ccc(-c7ccc(OC)nc7)cc6c54)cc3C(F)(F)F)CC2)nc1.COCCOCCOCCOCCNC(=O)O[C@@H]1CC[C@@H](C[C@@H](C)[C@@H]2CC(=O)[C@H](C)/C=C(\C)[C@@H](O)[C@@H](OC)C(=O)[C@H](C)C[C@H](C)/C=C/C=C/C=C(\C)[C@@H](OC)C[C@@H]3CC[C@@H](C)[C@@](O)(O3)C(=O)C(=O)N3CCCC[C@H]3C(=O)O2)C[C@H]1OC. The first-order valence-electron chi connectivity index (χ1n) is 50.5. The second-order valence-corrected chi connectivity index (χ2v) is 37.8. The van der Waals surface area contributed by atoms with Gasteiger partial charge in [0.25, 0.3) is 11.7 Å². The standard InChI is InChI=1S/C61H98N2O18.C45H52F3N9O7/c1-39-17-13-12-14-18-40(2)51(73-9)37-47-22-20-45(7)61(71,81-47)57(67)58(68)63-25-16-15-19-48(63)59(69)79-52(38-49(64)41(3)34-44(6)55(66)56(75-11)54(65)43(5)33-39)42(4)35-46-21-23-50(53(36-46)74-10)80-60(70)62-24-26-76-29-30-78-32-31-77-28-27-72-8;1-4-16-61-18-20-63-22-23-64-21-19-62-17-11-40(58)50-26-31-27-52-43(53-28-31)56-14-12-55(13-15-56)38-9-7-34(25-36(38)45(46,47)48)57-42-35-24-32(33-6-10-41(60-3)51-29-33)5-8-37(35)49-30-39(42)54(2)44(57)59/h12-14,17-18,34,39,41-43,45-48,50-53,55-56,66,71H,15-16,19-33,35-38H2,1-11H3,(H,62,70);5-10,24-25,27-30H,4,11-23,26H2,1-3H3,(H,50,58)/b14-12+,17-13+,40-18+,44-34+;/t39-,41-,42-,43-,45-,46+,47+,48+,50-,51+,52+,53-,55-,56+,61-;/m1./s1. The minimum Gasteiger partial charge on any atom is -0.481 e. The highest BCUT2D eigenvalue weighted by Crippen LogP contribution is 2.43. The van der Waals surface area contributed by atoms with Gasteiger partial charge in [0.2, 0.25) is 23.5 Å². The zero-order valence-electron chi connectivity index (χ0n) is 86.4. The summed E-state index contributed by atoms with van der Waals surface area (Å²) in [5, 5.41) is 29.8. The lowest BCUT2D eigenvalue weighted by atomic mass is 9.78. The summed E-state index contributed by atoms with van der Waals surface area (Å²) < 4.78 is 131. The molecule has 0 radical (unpaired) electrons. The number of aliphatic hydroxyl groups is 2. The number of piperazine rings is 1. The van der Waals surface area contributed by atoms with Gasteiger partial charge in [0.15, 0.2) is 5.78 Å². The summed E-state index contributed by atoms with van der Waals surface area (Å²) >= 11 is 0. The van der Waals surface area contributed by atoms with Crippen LogP contribution in [0.25, 0.3) is 38.8 Å². The van der Waals surface area contributed by atoms with Gasteiger partial charge in [-0.3, -0.25) is 38.1 Å². The monoisotopic (exact) mass is 2030 g/mol. The molecule has 4 N–H and O–H groups in total. The zero-order chi connectivity index (χ0) is 105. The normalized spacial score (nSPS) is 25.2. The van der Waals surface area contributed by atoms with E-state index in [0.29, 0.717) is 201 Å². The number of anilines is 2. The number of cyclic esters (lactones) is 1. The minimum atomic E-state index is -4.72. The number of nitrogens with zero attached hydrogens (tertiary/aromatic N) is 9. The van der Waals surface area contributed by atoms with E-state index in [2.05, 4.69) is 37.5 Å². The number of imidazole rings is 1. The molecule has 5 aliphatic rings. The number of methoxy groups -OCH3 is 5. The van der Waals surface area contributed by atoms with E-state index < -0.39 is 119 Å². The van der Waals surface area contributed by atoms with Crippen molar-refractivity contribution in [2.24, 2.45) is 42.6 Å². The van der Waals surface area contributed by atoms with Gasteiger partial charge in [0.05, 0.1) is 152 Å². The molecule has 8 heterocycles. The number of fused-ring (bicyclic) bond motifs is 6. The number of Topliss-reactive ketones (excluding diaryl/α,β-unsaturated/α-hetero) is 3. The van der Waals surface area contributed by atoms with Gasteiger partial charge < -0.3 is 107 Å². The molecule has 4 fully saturated rings. The third kappa shape index (κ3) is 34.1. The molecule has 145 heavy (non-hydrogen) atoms. The number of ketones is 3. The van der Waals surface area contributed by atoms with Crippen molar-refractivity contribution in [2.75, 3.05) is 184 Å². The average molecular weight is 2040 g/mol. The summed E-state index contributed by atoms with van der Waals surface area (Å²) in [6.07, 6.45) is 12.7. The summed E-state index contributed by atoms with van der Waals surface area (Å²) in [4.78, 5) is 133. The second-order valence-electron chi connectivity index (χ2n) is 37.8. The molecule has 3 amide bonds. The quantitative estimate of drug-likeness (QED) is 0.0120. The number of amides is 3. The number of aryl methyl sites for hydroxylation is 1. The van der Waals surface area contributed by atoms with Gasteiger partial charge in [0.1, 0.15) is 36.2 Å². The van der Waals surface area contributed by atoms with Crippen molar-refractivity contribution in [3.05, 3.63) is 143 Å². The number of aliphatic hydroxyl groups excluding tert-OH is 1. The van der Waals surface area contributed by atoms with Crippen molar-refractivity contribution in [3.8, 4) is 22.7 Å². The third-order valence-corrected chi connectivity index (χ3v) is 27.1. The molecule has 3 saturated heterocycles. The number of piperidine rings is 1. The van der Waals surface area contributed by atoms with Crippen LogP contribution < -0.4 is 30.9 Å². The van der Waals surface area contributed by atoms with E-state index in [9.17, 15) is 61.7 Å². The van der Waals surface area contributed by atoms with Gasteiger partial charge in [-0.2, -0.15) is 13.2 Å². The number of carbonyl (C=O) groups is 7. The largest absolute Gasteiger partial charge is 0.481 e. The van der Waals surface area contributed by atoms with E-state index in [1.54, 1.807) is 104 Å². The molecule has 15 atom stereocenters. The number of alkyl carbamates (subject to hydrolysis) is 1. The van der Waals surface area contributed by atoms with Crippen molar-refractivity contribution >= 4 is 74.8 Å². The summed E-state index contributed by atoms with van der Waals surface area (Å²) in [6.45, 7) is 23.1. The molecule has 2 bridgehead atoms. The van der Waals surface area contributed by atoms with Gasteiger partial charge in [-0.05, 0) is 155 Å². The number of carbonyl (C=O) groups excluding carboxylic acids is 7. The number of hydrogen-bond acceptors (Lipinski definition) is 31. The molecule has 11 rings (SSSR count). The first-order valence-corrected chi connectivity index (χ1v) is 50.5. The van der Waals surface area contributed by atoms with Crippen molar-refractivity contribution in [1.29, 1.82) is 0 Å². The van der Waals surface area contributed by atoms with E-state index in [4.69, 9.17) is 71.1 Å². The number of hydrogen-bond donors (Lipinski definition) is 4. The van der Waals surface area contributed by atoms with Gasteiger partial charge in [-0.1, -0.05) is 84.1 Å². The number of nitrogens with one attached hydrogen (secondary N) is 2. The van der Waals surface area contributed by atoms with Crippen LogP contribution in [0, 0.1) is 35.5 Å². The molecule has 36 nitrogen and oxygen atoms in total. The van der Waals surface area contributed by atoms with Gasteiger partial charge in [-0.15, -0.1) is 0 Å². The van der Waals surface area contributed by atoms with Crippen LogP contribution in [0.5, 0.6) is 5.88 Å². The number of esters is 1. The molecule has 39 heteroatoms. The molecule has 6 aromatic rings. The van der Waals surface area contributed by atoms with E-state index in [-0.39, 0.29) is 106 Å². The Morgan fingerprint density at radius 2 is 1.32 bits per heavy atom. The lowest BCUT2D eigenvalue weighted by Gasteiger charge is -2.42. The molecule has 0 spiro atoms. The van der Waals surface area contributed by atoms with E-state index in [0.717, 1.165) is 35.8 Å². The number of pyridine rings is 2. The molecular weight excluding hydrogens is 1880 g/mol. The summed E-state index contributed by atoms with van der Waals surface area (Å²) in [5.41, 5.74) is 3.72. The maximum absolute atomic E-state index is 14.9. The van der Waals surface area contributed by atoms with Crippen LogP contribution in [-0.2, 0) is 115 Å². The molecule has 4 aromatic heterocycles. The lowest BCUT2D eigenvalue weighted by Crippen LogP contribution is -2.61. The second kappa shape index (κ2) is 59.0. The van der Waals surface area contributed by atoms with Crippen LogP contribution in [0.3, 0.4) is 0 Å². The van der Waals surface area contributed by atoms with Gasteiger partial charge in [-0.25, -0.2) is 29.3 Å². The molecule has 2 aromatic carbocycles. The summed E-state index contributed by atoms with van der Waals surface area (Å²) in [6, 6.07) is 12.0. The fourth-order valence-corrected chi connectivity index (χ4v) is 18.7. The Bertz CT molecular complexity index is 5300. The highest BCUT2D eigenvalue weighted by atomic mass is 19.4. The molecule has 1 aliphatic carbocycles. The van der Waals surface area contributed by atoms with Crippen LogP contribution in [-0.4, -0.2) is 314 Å². The average Bonchev–Trinajstić information content (AvgIpc) is 1.58. The molecular formula is C106H150F3N11O25. The molecule has 800 valence electrons. The van der Waals surface area contributed by atoms with Gasteiger partial charge in [0, 0.05) is 172 Å². The smallest absolute Gasteiger partial charge is 0.418 e. The van der Waals surface area contributed by atoms with Crippen LogP contribution >= 0.6 is 0 Å². The molecule has 0 unspecified atom stereocenters. The van der Waals surface area contributed by atoms with Crippen molar-refractivity contribution in [2.45, 2.75) is 213 Å². The lowest BCUT2D eigenvalue weighted by molar-refractivity contribution is -0.265. The maximum Gasteiger partial charge on any atom is 0.418 e. The van der Waals surface area contributed by atoms with E-state index in [1.807, 2.05) is 80.3 Å². The number of halogens is 3. The minimum absolute atomic E-state index is 0.00372. The van der Waals surface area contributed by atoms with Crippen LogP contribution in [0.4, 0.5) is 29.6 Å². The molecule has 4 aliphatic heterocycles. The van der Waals surface area contributed by atoms with Crippen LogP contribution in [0.1, 0.15) is 156 Å². The summed E-state index contributed by atoms with van der Waals surface area (Å²) in [5.74, 6) is -7.74. The Morgan fingerprint density at radius 3 is 1.96 bits per heavy atom. The number of alkyl halides is 3. The number of allylic oxidation sites excluding steroid dienone is 6. The topological polar surface area (TPSA) is 411 Å². The first kappa shape index (κ1) is 117. The fourth-order valence-electron chi connectivity index (χ4n) is 18.7. The van der Waals surface area contributed by atoms with E-state index in [1.165, 1.54) is 34.3 Å². The highest BCUT2D eigenvalue weighted by Gasteiger charge is 2.54. The van der Waals surface area contributed by atoms with Crippen molar-refractivity contribution < 1.29 is 128 Å². The highest BCUT2D eigenvalue weighted by molar-refractivity contribution is 6.39. The first-order chi connectivity index (χ1) is 69.7. The fraction of sp³-hybridized carbons (Fsp3) is 0.623. The predicted molar refractivity (Wildman–Crippen MR) is 537 cm³/mol. The Morgan fingerprint density at radius 1 is 0.655 bits per heavy atom. The Balaban J connectivity index is 0.000000305. The van der Waals surface area contributed by atoms with E-state index >= 15 is 0 Å². The van der Waals surface area contributed by atoms with Crippen molar-refractivity contribution in [3.63, 3.8) is 0 Å². The van der Waals surface area contributed by atoms with Crippen LogP contribution in [0.2, 0.25) is 0 Å². The number of rotatable bonds is 40. The third-order valence-electron chi connectivity index (χ3n) is 27.1. The Kier molecular flexibility index (Phi) is 47.4. The van der Waals surface area contributed by atoms with Crippen LogP contribution in [0.15, 0.2) is 126 Å². The maximum atomic E-state index is 14.9. The number of benzene rings is 2. The van der Waals surface area contributed by atoms with Gasteiger partial charge >= 0.3 is 23.9 Å². The zero-order valence-corrected chi connectivity index (χ0v) is 86.4. The Hall–Kier alpha value is -10.4. The number of aromatic nitrogens is 6.